The van der Waals surface area contributed by atoms with E-state index in [9.17, 15) is 14.4 Å². The summed E-state index contributed by atoms with van der Waals surface area (Å²) in [6, 6.07) is 20.3. The Labute approximate surface area is 267 Å². The molecule has 1 atom stereocenters. The molecule has 1 unspecified atom stereocenters. The Balaban J connectivity index is 1.34. The number of anilines is 1. The van der Waals surface area contributed by atoms with E-state index in [1.165, 1.54) is 0 Å². The fraction of sp³-hybridized carbons (Fsp3) is 0.324. The third-order valence-electron chi connectivity index (χ3n) is 8.17. The molecule has 0 spiro atoms. The molecule has 0 N–H and O–H groups in total. The maximum absolute atomic E-state index is 13.5. The first-order chi connectivity index (χ1) is 21.2. The average Bonchev–Trinajstić information content (AvgIpc) is 3.04. The van der Waals surface area contributed by atoms with E-state index in [1.807, 2.05) is 47.4 Å². The van der Waals surface area contributed by atoms with Crippen molar-refractivity contribution in [3.8, 4) is 5.75 Å². The number of allylic oxidation sites excluding steroid dienone is 1. The van der Waals surface area contributed by atoms with Crippen LogP contribution in [0.5, 0.6) is 5.75 Å². The second-order valence-electron chi connectivity index (χ2n) is 10.8. The van der Waals surface area contributed by atoms with E-state index in [2.05, 4.69) is 4.90 Å². The van der Waals surface area contributed by atoms with Gasteiger partial charge in [0.25, 0.3) is 5.91 Å². The van der Waals surface area contributed by atoms with E-state index in [-0.39, 0.29) is 31.4 Å². The van der Waals surface area contributed by atoms with Crippen molar-refractivity contribution in [2.24, 2.45) is 0 Å². The zero-order valence-electron chi connectivity index (χ0n) is 25.0. The van der Waals surface area contributed by atoms with E-state index < -0.39 is 11.9 Å². The molecule has 1 saturated heterocycles. The Morgan fingerprint density at radius 2 is 1.68 bits per heavy atom. The van der Waals surface area contributed by atoms with Crippen molar-refractivity contribution in [2.45, 2.75) is 32.7 Å². The number of benzene rings is 3. The van der Waals surface area contributed by atoms with Crippen molar-refractivity contribution in [1.29, 1.82) is 0 Å². The monoisotopic (exact) mass is 635 g/mol. The number of methoxy groups -OCH3 is 1. The maximum atomic E-state index is 13.5. The summed E-state index contributed by atoms with van der Waals surface area (Å²) >= 11 is 12.4. The number of carbonyl (C=O) groups is 3. The third-order valence-corrected chi connectivity index (χ3v) is 8.91. The normalized spacial score (nSPS) is 17.2. The molecule has 3 aromatic carbocycles. The first kappa shape index (κ1) is 31.4. The highest BCUT2D eigenvalue weighted by atomic mass is 35.5. The fourth-order valence-electron chi connectivity index (χ4n) is 5.90. The van der Waals surface area contributed by atoms with Crippen molar-refractivity contribution in [3.05, 3.63) is 105 Å². The number of esters is 1. The van der Waals surface area contributed by atoms with Crippen LogP contribution in [0.2, 0.25) is 10.0 Å². The zero-order valence-corrected chi connectivity index (χ0v) is 26.5. The highest BCUT2D eigenvalue weighted by Gasteiger charge is 2.37. The van der Waals surface area contributed by atoms with Gasteiger partial charge >= 0.3 is 5.97 Å². The molecule has 2 aliphatic rings. The van der Waals surface area contributed by atoms with Gasteiger partial charge in [-0.25, -0.2) is 4.79 Å². The maximum Gasteiger partial charge on any atom is 0.336 e. The first-order valence-electron chi connectivity index (χ1n) is 14.6. The smallest absolute Gasteiger partial charge is 0.336 e. The number of para-hydroxylation sites is 2. The van der Waals surface area contributed by atoms with Crippen LogP contribution in [0, 0.1) is 0 Å². The molecule has 0 aliphatic carbocycles. The molecule has 2 aliphatic heterocycles. The van der Waals surface area contributed by atoms with Crippen LogP contribution in [0.25, 0.3) is 0 Å². The number of nitrogens with zero attached hydrogens (tertiary/aromatic N) is 3. The Kier molecular flexibility index (Phi) is 9.81. The molecule has 0 aromatic heterocycles. The highest BCUT2D eigenvalue weighted by Crippen LogP contribution is 2.39. The SMILES string of the molecule is CCOC(=O)C1=C(C)N(Cc2cccc(C(=O)N3CCN(c4ccccc4OC)CC3)c2)C(=O)CC1c1ccc(Cl)c(Cl)c1. The van der Waals surface area contributed by atoms with Gasteiger partial charge in [0.05, 0.1) is 41.6 Å². The summed E-state index contributed by atoms with van der Waals surface area (Å²) in [4.78, 5) is 45.9. The van der Waals surface area contributed by atoms with Gasteiger partial charge in [-0.3, -0.25) is 9.59 Å². The molecule has 1 fully saturated rings. The first-order valence-corrected chi connectivity index (χ1v) is 15.4. The largest absolute Gasteiger partial charge is 0.495 e. The van der Waals surface area contributed by atoms with Crippen molar-refractivity contribution >= 4 is 46.7 Å². The quantitative estimate of drug-likeness (QED) is 0.270. The van der Waals surface area contributed by atoms with Gasteiger partial charge in [-0.15, -0.1) is 0 Å². The molecule has 3 aromatic rings. The summed E-state index contributed by atoms with van der Waals surface area (Å²) in [7, 11) is 1.66. The molecule has 44 heavy (non-hydrogen) atoms. The summed E-state index contributed by atoms with van der Waals surface area (Å²) in [5.41, 5.74) is 3.99. The summed E-state index contributed by atoms with van der Waals surface area (Å²) in [6.45, 7) is 6.44. The van der Waals surface area contributed by atoms with E-state index in [4.69, 9.17) is 32.7 Å². The molecular formula is C34H35Cl2N3O5. The molecule has 2 amide bonds. The minimum atomic E-state index is -0.519. The number of amides is 2. The molecule has 0 saturated carbocycles. The minimum Gasteiger partial charge on any atom is -0.495 e. The van der Waals surface area contributed by atoms with Crippen LogP contribution in [0.15, 0.2) is 78.0 Å². The number of hydrogen-bond acceptors (Lipinski definition) is 6. The molecule has 5 rings (SSSR count). The molecule has 10 heteroatoms. The van der Waals surface area contributed by atoms with Crippen LogP contribution < -0.4 is 9.64 Å². The topological polar surface area (TPSA) is 79.4 Å². The van der Waals surface area contributed by atoms with Gasteiger partial charge in [-0.05, 0) is 61.4 Å². The zero-order chi connectivity index (χ0) is 31.4. The van der Waals surface area contributed by atoms with E-state index in [1.54, 1.807) is 50.1 Å². The minimum absolute atomic E-state index is 0.0596. The summed E-state index contributed by atoms with van der Waals surface area (Å²) in [5, 5.41) is 0.743. The van der Waals surface area contributed by atoms with Crippen molar-refractivity contribution < 1.29 is 23.9 Å². The second-order valence-corrected chi connectivity index (χ2v) is 11.6. The lowest BCUT2D eigenvalue weighted by molar-refractivity contribution is -0.140. The Hall–Kier alpha value is -4.01. The summed E-state index contributed by atoms with van der Waals surface area (Å²) in [6.07, 6.45) is 0.0680. The lowest BCUT2D eigenvalue weighted by Gasteiger charge is -2.36. The van der Waals surface area contributed by atoms with Crippen LogP contribution >= 0.6 is 23.2 Å². The van der Waals surface area contributed by atoms with Gasteiger partial charge in [0.15, 0.2) is 0 Å². The van der Waals surface area contributed by atoms with E-state index >= 15 is 0 Å². The number of ether oxygens (including phenoxy) is 2. The van der Waals surface area contributed by atoms with Gasteiger partial charge < -0.3 is 24.2 Å². The van der Waals surface area contributed by atoms with Crippen LogP contribution in [0.1, 0.15) is 47.7 Å². The van der Waals surface area contributed by atoms with Crippen molar-refractivity contribution in [2.75, 3.05) is 44.8 Å². The second kappa shape index (κ2) is 13.7. The van der Waals surface area contributed by atoms with Gasteiger partial charge in [0.1, 0.15) is 5.75 Å². The van der Waals surface area contributed by atoms with Gasteiger partial charge in [0.2, 0.25) is 5.91 Å². The molecule has 0 radical (unpaired) electrons. The number of piperazine rings is 1. The van der Waals surface area contributed by atoms with Gasteiger partial charge in [-0.2, -0.15) is 0 Å². The van der Waals surface area contributed by atoms with Crippen LogP contribution in [0.3, 0.4) is 0 Å². The van der Waals surface area contributed by atoms with Gasteiger partial charge in [-0.1, -0.05) is 53.5 Å². The highest BCUT2D eigenvalue weighted by molar-refractivity contribution is 6.42. The average molecular weight is 637 g/mol. The van der Waals surface area contributed by atoms with E-state index in [0.29, 0.717) is 58.6 Å². The van der Waals surface area contributed by atoms with Crippen LogP contribution in [0.4, 0.5) is 5.69 Å². The van der Waals surface area contributed by atoms with Gasteiger partial charge in [0, 0.05) is 49.8 Å². The van der Waals surface area contributed by atoms with Crippen LogP contribution in [-0.2, 0) is 20.9 Å². The molecule has 230 valence electrons. The van der Waals surface area contributed by atoms with Crippen molar-refractivity contribution in [1.82, 2.24) is 9.80 Å². The number of hydrogen-bond donors (Lipinski definition) is 0. The molecular weight excluding hydrogens is 601 g/mol. The predicted molar refractivity (Wildman–Crippen MR) is 171 cm³/mol. The van der Waals surface area contributed by atoms with Crippen molar-refractivity contribution in [3.63, 3.8) is 0 Å². The van der Waals surface area contributed by atoms with Crippen LogP contribution in [-0.4, -0.2) is 67.5 Å². The molecule has 0 bridgehead atoms. The molecule has 8 nitrogen and oxygen atoms in total. The summed E-state index contributed by atoms with van der Waals surface area (Å²) in [5.74, 6) is -0.387. The lowest BCUT2D eigenvalue weighted by atomic mass is 9.83. The standard InChI is InChI=1S/C34H35Cl2N3O5/c1-4-44-34(42)32-22(2)39(31(40)20-26(32)24-12-13-27(35)28(36)19-24)21-23-8-7-9-25(18-23)33(41)38-16-14-37(15-17-38)29-10-5-6-11-30(29)43-3/h5-13,18-19,26H,4,14-17,20-21H2,1-3H3. The number of rotatable bonds is 8. The number of carbonyl (C=O) groups excluding carboxylic acids is 3. The third kappa shape index (κ3) is 6.56. The Bertz CT molecular complexity index is 1600. The molecule has 2 heterocycles. The Morgan fingerprint density at radius 1 is 0.932 bits per heavy atom. The van der Waals surface area contributed by atoms with E-state index in [0.717, 1.165) is 17.0 Å². The fourth-order valence-corrected chi connectivity index (χ4v) is 6.21. The lowest BCUT2D eigenvalue weighted by Crippen LogP contribution is -2.48. The predicted octanol–water partition coefficient (Wildman–Crippen LogP) is 6.32. The summed E-state index contributed by atoms with van der Waals surface area (Å²) < 4.78 is 10.9. The number of halogens is 2. The Morgan fingerprint density at radius 3 is 2.39 bits per heavy atom.